The molecule has 2 rings (SSSR count). The summed E-state index contributed by atoms with van der Waals surface area (Å²) in [6.07, 6.45) is 0.571. The van der Waals surface area contributed by atoms with Crippen LogP contribution in [-0.4, -0.2) is 41.3 Å². The molecule has 1 atom stereocenters. The van der Waals surface area contributed by atoms with Crippen LogP contribution in [0.25, 0.3) is 0 Å². The van der Waals surface area contributed by atoms with Crippen LogP contribution in [0.2, 0.25) is 0 Å². The molecule has 0 bridgehead atoms. The molecule has 0 aliphatic carbocycles. The Morgan fingerprint density at radius 1 is 1.35 bits per heavy atom. The lowest BCUT2D eigenvalue weighted by molar-refractivity contribution is -0.129. The van der Waals surface area contributed by atoms with E-state index in [1.807, 2.05) is 6.07 Å². The Morgan fingerprint density at radius 3 is 2.60 bits per heavy atom. The number of aliphatic hydroxyl groups excluding tert-OH is 1. The van der Waals surface area contributed by atoms with Crippen molar-refractivity contribution in [2.45, 2.75) is 25.9 Å². The van der Waals surface area contributed by atoms with Gasteiger partial charge in [-0.25, -0.2) is 5.43 Å². The maximum absolute atomic E-state index is 11.8. The first-order valence-electron chi connectivity index (χ1n) is 7.01. The minimum atomic E-state index is -1.17. The molecule has 0 spiro atoms. The molecule has 0 aromatic heterocycles. The number of likely N-dealkylation sites (tertiary alicyclic amines) is 1. The molecule has 0 saturated carbocycles. The second kappa shape index (κ2) is 7.17. The number of hydrogen-bond acceptors (Lipinski definition) is 4. The Bertz CT molecular complexity index is 463. The quantitative estimate of drug-likeness (QED) is 0.814. The number of rotatable bonds is 4. The standard InChI is InChI=1S/C15H21N3O2/c1-2-18-10-8-13(9-11-18)16-17-15(20)14(19)12-6-4-3-5-7-12/h3-7,14,19H,2,8-11H2,1H3,(H,17,20)/t14-/m0/s1. The Kier molecular flexibility index (Phi) is 5.26. The number of benzene rings is 1. The summed E-state index contributed by atoms with van der Waals surface area (Å²) in [6, 6.07) is 8.86. The van der Waals surface area contributed by atoms with E-state index >= 15 is 0 Å². The fraction of sp³-hybridized carbons (Fsp3) is 0.467. The van der Waals surface area contributed by atoms with Crippen LogP contribution in [0.1, 0.15) is 31.4 Å². The van der Waals surface area contributed by atoms with Gasteiger partial charge in [-0.05, 0) is 12.1 Å². The third-order valence-electron chi connectivity index (χ3n) is 3.57. The number of amides is 1. The maximum Gasteiger partial charge on any atom is 0.273 e. The van der Waals surface area contributed by atoms with Crippen LogP contribution in [0, 0.1) is 0 Å². The molecular weight excluding hydrogens is 254 g/mol. The zero-order valence-electron chi connectivity index (χ0n) is 11.7. The number of piperidine rings is 1. The molecule has 1 aromatic rings. The normalized spacial score (nSPS) is 17.6. The van der Waals surface area contributed by atoms with Crippen LogP contribution < -0.4 is 5.43 Å². The van der Waals surface area contributed by atoms with Gasteiger partial charge in [-0.1, -0.05) is 37.3 Å². The number of hydrazone groups is 1. The third kappa shape index (κ3) is 3.88. The first-order chi connectivity index (χ1) is 9.70. The SMILES string of the molecule is CCN1CCC(=NNC(=O)[C@@H](O)c2ccccc2)CC1. The molecule has 1 saturated heterocycles. The molecule has 0 radical (unpaired) electrons. The van der Waals surface area contributed by atoms with Gasteiger partial charge in [0.25, 0.3) is 5.91 Å². The average molecular weight is 275 g/mol. The van der Waals surface area contributed by atoms with Gasteiger partial charge in [-0.2, -0.15) is 5.10 Å². The summed E-state index contributed by atoms with van der Waals surface area (Å²) in [5.41, 5.74) is 4.03. The fourth-order valence-electron chi connectivity index (χ4n) is 2.22. The van der Waals surface area contributed by atoms with Crippen LogP contribution in [0.5, 0.6) is 0 Å². The molecule has 1 aliphatic rings. The van der Waals surface area contributed by atoms with Gasteiger partial charge in [0.1, 0.15) is 0 Å². The first kappa shape index (κ1) is 14.7. The molecule has 1 aromatic carbocycles. The van der Waals surface area contributed by atoms with Crippen molar-refractivity contribution < 1.29 is 9.90 Å². The second-order valence-corrected chi connectivity index (χ2v) is 4.90. The van der Waals surface area contributed by atoms with Gasteiger partial charge in [-0.15, -0.1) is 0 Å². The van der Waals surface area contributed by atoms with Crippen molar-refractivity contribution in [3.05, 3.63) is 35.9 Å². The molecule has 1 aliphatic heterocycles. The van der Waals surface area contributed by atoms with Crippen molar-refractivity contribution in [3.8, 4) is 0 Å². The Balaban J connectivity index is 1.86. The van der Waals surface area contributed by atoms with Crippen LogP contribution in [0.15, 0.2) is 35.4 Å². The van der Waals surface area contributed by atoms with E-state index in [1.54, 1.807) is 24.3 Å². The molecule has 1 heterocycles. The van der Waals surface area contributed by atoms with Gasteiger partial charge in [0, 0.05) is 31.6 Å². The molecule has 1 fully saturated rings. The van der Waals surface area contributed by atoms with Crippen LogP contribution in [-0.2, 0) is 4.79 Å². The van der Waals surface area contributed by atoms with E-state index in [1.165, 1.54) is 0 Å². The van der Waals surface area contributed by atoms with E-state index < -0.39 is 12.0 Å². The molecular formula is C15H21N3O2. The highest BCUT2D eigenvalue weighted by Gasteiger charge is 2.18. The Labute approximate surface area is 119 Å². The maximum atomic E-state index is 11.8. The van der Waals surface area contributed by atoms with Gasteiger partial charge in [0.2, 0.25) is 0 Å². The number of carbonyl (C=O) groups is 1. The van der Waals surface area contributed by atoms with Crippen molar-refractivity contribution in [2.24, 2.45) is 5.10 Å². The van der Waals surface area contributed by atoms with E-state index in [9.17, 15) is 9.90 Å². The minimum Gasteiger partial charge on any atom is -0.378 e. The largest absolute Gasteiger partial charge is 0.378 e. The zero-order valence-corrected chi connectivity index (χ0v) is 11.7. The van der Waals surface area contributed by atoms with Gasteiger partial charge in [0.15, 0.2) is 6.10 Å². The molecule has 5 nitrogen and oxygen atoms in total. The van der Waals surface area contributed by atoms with Crippen molar-refractivity contribution >= 4 is 11.6 Å². The van der Waals surface area contributed by atoms with Crippen LogP contribution in [0.4, 0.5) is 0 Å². The number of carbonyl (C=O) groups excluding carboxylic acids is 1. The van der Waals surface area contributed by atoms with Crippen molar-refractivity contribution in [2.75, 3.05) is 19.6 Å². The number of nitrogens with zero attached hydrogens (tertiary/aromatic N) is 2. The van der Waals surface area contributed by atoms with Crippen molar-refractivity contribution in [1.29, 1.82) is 0 Å². The van der Waals surface area contributed by atoms with E-state index in [4.69, 9.17) is 0 Å². The summed E-state index contributed by atoms with van der Waals surface area (Å²) in [4.78, 5) is 14.2. The van der Waals surface area contributed by atoms with Gasteiger partial charge in [-0.3, -0.25) is 4.79 Å². The third-order valence-corrected chi connectivity index (χ3v) is 3.57. The van der Waals surface area contributed by atoms with Crippen molar-refractivity contribution in [1.82, 2.24) is 10.3 Å². The lowest BCUT2D eigenvalue weighted by Crippen LogP contribution is -2.35. The molecule has 1 amide bonds. The number of aliphatic hydroxyl groups is 1. The molecule has 108 valence electrons. The number of nitrogens with one attached hydrogen (secondary N) is 1. The molecule has 5 heteroatoms. The fourth-order valence-corrected chi connectivity index (χ4v) is 2.22. The van der Waals surface area contributed by atoms with Crippen LogP contribution >= 0.6 is 0 Å². The Hall–Kier alpha value is -1.72. The van der Waals surface area contributed by atoms with Crippen molar-refractivity contribution in [3.63, 3.8) is 0 Å². The summed E-state index contributed by atoms with van der Waals surface area (Å²) in [7, 11) is 0. The summed E-state index contributed by atoms with van der Waals surface area (Å²) >= 11 is 0. The van der Waals surface area contributed by atoms with Gasteiger partial charge in [0.05, 0.1) is 0 Å². The average Bonchev–Trinajstić information content (AvgIpc) is 2.53. The molecule has 2 N–H and O–H groups in total. The van der Waals surface area contributed by atoms with Crippen LogP contribution in [0.3, 0.4) is 0 Å². The lowest BCUT2D eigenvalue weighted by Gasteiger charge is -2.25. The highest BCUT2D eigenvalue weighted by atomic mass is 16.3. The van der Waals surface area contributed by atoms with E-state index in [0.717, 1.165) is 38.2 Å². The minimum absolute atomic E-state index is 0.485. The molecule has 0 unspecified atom stereocenters. The predicted octanol–water partition coefficient (Wildman–Crippen LogP) is 1.31. The smallest absolute Gasteiger partial charge is 0.273 e. The molecule has 20 heavy (non-hydrogen) atoms. The first-order valence-corrected chi connectivity index (χ1v) is 7.01. The lowest BCUT2D eigenvalue weighted by atomic mass is 10.1. The summed E-state index contributed by atoms with van der Waals surface area (Å²) in [6.45, 7) is 5.14. The van der Waals surface area contributed by atoms with Gasteiger partial charge >= 0.3 is 0 Å². The Morgan fingerprint density at radius 2 is 2.00 bits per heavy atom. The summed E-state index contributed by atoms with van der Waals surface area (Å²) < 4.78 is 0. The number of hydrogen-bond donors (Lipinski definition) is 2. The summed E-state index contributed by atoms with van der Waals surface area (Å²) in [5, 5.41) is 14.0. The topological polar surface area (TPSA) is 64.9 Å². The monoisotopic (exact) mass is 275 g/mol. The van der Waals surface area contributed by atoms with Gasteiger partial charge < -0.3 is 10.0 Å². The predicted molar refractivity (Wildman–Crippen MR) is 78.3 cm³/mol. The van der Waals surface area contributed by atoms with E-state index in [2.05, 4.69) is 22.4 Å². The van der Waals surface area contributed by atoms with E-state index in [0.29, 0.717) is 5.56 Å². The highest BCUT2D eigenvalue weighted by Crippen LogP contribution is 2.12. The van der Waals surface area contributed by atoms with E-state index in [-0.39, 0.29) is 0 Å². The zero-order chi connectivity index (χ0) is 14.4. The summed E-state index contributed by atoms with van der Waals surface area (Å²) in [5.74, 6) is -0.485. The second-order valence-electron chi connectivity index (χ2n) is 4.90. The highest BCUT2D eigenvalue weighted by molar-refractivity contribution is 5.88.